The molecule has 2 aliphatic heterocycles. The standard InChI is InChI=1S/C19H24N4O/c1-3-9-20-16(7-1)13-23-12-15-6-5-11-24-19(15)17(14-23)22-18-8-2-4-10-21-18/h1-4,7-10,15,17,19H,5-6,11-14H2,(H,21,22)/t15-,17+,19-/m0/s1. The van der Waals surface area contributed by atoms with Gasteiger partial charge in [-0.2, -0.15) is 0 Å². The number of rotatable bonds is 4. The third-order valence-electron chi connectivity index (χ3n) is 4.95. The fraction of sp³-hybridized carbons (Fsp3) is 0.474. The molecule has 2 fully saturated rings. The molecule has 0 radical (unpaired) electrons. The summed E-state index contributed by atoms with van der Waals surface area (Å²) in [6, 6.07) is 12.4. The molecular weight excluding hydrogens is 300 g/mol. The van der Waals surface area contributed by atoms with E-state index in [2.05, 4.69) is 32.3 Å². The van der Waals surface area contributed by atoms with Crippen LogP contribution >= 0.6 is 0 Å². The van der Waals surface area contributed by atoms with E-state index in [-0.39, 0.29) is 12.1 Å². The number of hydrogen-bond donors (Lipinski definition) is 1. The molecule has 126 valence electrons. The molecule has 0 spiro atoms. The molecule has 0 aliphatic carbocycles. The summed E-state index contributed by atoms with van der Waals surface area (Å²) in [6.07, 6.45) is 6.38. The lowest BCUT2D eigenvalue weighted by molar-refractivity contribution is -0.0749. The minimum atomic E-state index is 0.266. The van der Waals surface area contributed by atoms with Crippen LogP contribution in [0.15, 0.2) is 48.8 Å². The molecule has 0 aromatic carbocycles. The van der Waals surface area contributed by atoms with Gasteiger partial charge in [-0.3, -0.25) is 9.88 Å². The van der Waals surface area contributed by atoms with E-state index < -0.39 is 0 Å². The lowest BCUT2D eigenvalue weighted by atomic mass is 9.85. The van der Waals surface area contributed by atoms with Crippen molar-refractivity contribution >= 4 is 5.82 Å². The van der Waals surface area contributed by atoms with E-state index in [1.807, 2.05) is 36.7 Å². The van der Waals surface area contributed by atoms with Crippen molar-refractivity contribution in [2.45, 2.75) is 31.5 Å². The molecule has 5 heteroatoms. The number of nitrogens with one attached hydrogen (secondary N) is 1. The van der Waals surface area contributed by atoms with E-state index in [0.29, 0.717) is 5.92 Å². The van der Waals surface area contributed by atoms with Gasteiger partial charge in [-0.1, -0.05) is 12.1 Å². The summed E-state index contributed by atoms with van der Waals surface area (Å²) in [5, 5.41) is 3.60. The first-order valence-corrected chi connectivity index (χ1v) is 8.80. The van der Waals surface area contributed by atoms with Crippen LogP contribution in [-0.4, -0.2) is 46.7 Å². The summed E-state index contributed by atoms with van der Waals surface area (Å²) in [5.41, 5.74) is 1.13. The third kappa shape index (κ3) is 3.57. The Bertz CT molecular complexity index is 636. The number of fused-ring (bicyclic) bond motifs is 1. The monoisotopic (exact) mass is 324 g/mol. The molecule has 3 atom stereocenters. The van der Waals surface area contributed by atoms with Crippen LogP contribution in [0.4, 0.5) is 5.82 Å². The minimum Gasteiger partial charge on any atom is -0.376 e. The van der Waals surface area contributed by atoms with Crippen LogP contribution in [0.25, 0.3) is 0 Å². The highest BCUT2D eigenvalue weighted by Crippen LogP contribution is 2.30. The van der Waals surface area contributed by atoms with Gasteiger partial charge in [-0.15, -0.1) is 0 Å². The Balaban J connectivity index is 1.49. The normalized spacial score (nSPS) is 27.4. The number of aromatic nitrogens is 2. The molecule has 2 aliphatic rings. The average Bonchev–Trinajstić information content (AvgIpc) is 2.63. The van der Waals surface area contributed by atoms with Crippen LogP contribution in [0.3, 0.4) is 0 Å². The van der Waals surface area contributed by atoms with Gasteiger partial charge in [0.25, 0.3) is 0 Å². The van der Waals surface area contributed by atoms with Crippen LogP contribution in [0.5, 0.6) is 0 Å². The molecule has 0 bridgehead atoms. The van der Waals surface area contributed by atoms with Crippen LogP contribution in [0.1, 0.15) is 18.5 Å². The Kier molecular flexibility index (Phi) is 4.71. The van der Waals surface area contributed by atoms with Gasteiger partial charge in [0.2, 0.25) is 0 Å². The molecule has 2 saturated heterocycles. The number of piperidine rings is 1. The highest BCUT2D eigenvalue weighted by atomic mass is 16.5. The van der Waals surface area contributed by atoms with Gasteiger partial charge < -0.3 is 10.1 Å². The number of anilines is 1. The second-order valence-electron chi connectivity index (χ2n) is 6.72. The van der Waals surface area contributed by atoms with Crippen LogP contribution in [-0.2, 0) is 11.3 Å². The quantitative estimate of drug-likeness (QED) is 0.937. The predicted octanol–water partition coefficient (Wildman–Crippen LogP) is 2.57. The lowest BCUT2D eigenvalue weighted by Gasteiger charge is -2.46. The van der Waals surface area contributed by atoms with E-state index in [0.717, 1.165) is 44.2 Å². The number of nitrogens with zero attached hydrogens (tertiary/aromatic N) is 3. The van der Waals surface area contributed by atoms with Crippen molar-refractivity contribution in [3.63, 3.8) is 0 Å². The van der Waals surface area contributed by atoms with Crippen molar-refractivity contribution in [3.8, 4) is 0 Å². The van der Waals surface area contributed by atoms with Crippen molar-refractivity contribution < 1.29 is 4.74 Å². The molecule has 4 heterocycles. The van der Waals surface area contributed by atoms with E-state index in [1.165, 1.54) is 6.42 Å². The number of likely N-dealkylation sites (tertiary alicyclic amines) is 1. The Morgan fingerprint density at radius 2 is 1.96 bits per heavy atom. The second kappa shape index (κ2) is 7.28. The van der Waals surface area contributed by atoms with Gasteiger partial charge in [0.05, 0.1) is 17.8 Å². The molecule has 2 aromatic rings. The summed E-state index contributed by atoms with van der Waals surface area (Å²) in [5.74, 6) is 1.51. The Morgan fingerprint density at radius 1 is 1.08 bits per heavy atom. The topological polar surface area (TPSA) is 50.3 Å². The van der Waals surface area contributed by atoms with Crippen molar-refractivity contribution in [3.05, 3.63) is 54.5 Å². The number of pyridine rings is 2. The zero-order chi connectivity index (χ0) is 16.2. The van der Waals surface area contributed by atoms with E-state index in [1.54, 1.807) is 0 Å². The van der Waals surface area contributed by atoms with Gasteiger partial charge >= 0.3 is 0 Å². The minimum absolute atomic E-state index is 0.266. The maximum Gasteiger partial charge on any atom is 0.126 e. The van der Waals surface area contributed by atoms with Crippen LogP contribution in [0, 0.1) is 5.92 Å². The molecule has 1 N–H and O–H groups in total. The Labute approximate surface area is 143 Å². The van der Waals surface area contributed by atoms with Gasteiger partial charge in [-0.25, -0.2) is 4.98 Å². The molecule has 24 heavy (non-hydrogen) atoms. The molecule has 0 amide bonds. The SMILES string of the molecule is c1ccc(CN2C[C@@H]3CCCO[C@@H]3[C@H](Nc3ccccn3)C2)nc1. The first kappa shape index (κ1) is 15.5. The predicted molar refractivity (Wildman–Crippen MR) is 93.6 cm³/mol. The zero-order valence-electron chi connectivity index (χ0n) is 13.8. The van der Waals surface area contributed by atoms with Gasteiger partial charge in [0.15, 0.2) is 0 Å². The fourth-order valence-corrected chi connectivity index (χ4v) is 3.91. The molecule has 0 unspecified atom stereocenters. The fourth-order valence-electron chi connectivity index (χ4n) is 3.91. The molecular formula is C19H24N4O. The highest BCUT2D eigenvalue weighted by molar-refractivity contribution is 5.35. The number of hydrogen-bond acceptors (Lipinski definition) is 5. The maximum atomic E-state index is 6.13. The highest BCUT2D eigenvalue weighted by Gasteiger charge is 2.39. The van der Waals surface area contributed by atoms with Crippen LogP contribution < -0.4 is 5.32 Å². The molecule has 5 nitrogen and oxygen atoms in total. The van der Waals surface area contributed by atoms with E-state index >= 15 is 0 Å². The lowest BCUT2D eigenvalue weighted by Crippen LogP contribution is -2.57. The molecule has 4 rings (SSSR count). The average molecular weight is 324 g/mol. The molecule has 2 aromatic heterocycles. The zero-order valence-corrected chi connectivity index (χ0v) is 13.8. The van der Waals surface area contributed by atoms with Gasteiger partial charge in [0.1, 0.15) is 5.82 Å². The van der Waals surface area contributed by atoms with Gasteiger partial charge in [0, 0.05) is 38.6 Å². The summed E-state index contributed by atoms with van der Waals surface area (Å²) >= 11 is 0. The van der Waals surface area contributed by atoms with E-state index in [4.69, 9.17) is 4.74 Å². The first-order chi connectivity index (χ1) is 11.9. The summed E-state index contributed by atoms with van der Waals surface area (Å²) < 4.78 is 6.13. The van der Waals surface area contributed by atoms with E-state index in [9.17, 15) is 0 Å². The van der Waals surface area contributed by atoms with Gasteiger partial charge in [-0.05, 0) is 43.0 Å². The second-order valence-corrected chi connectivity index (χ2v) is 6.72. The Morgan fingerprint density at radius 3 is 2.75 bits per heavy atom. The third-order valence-corrected chi connectivity index (χ3v) is 4.95. The summed E-state index contributed by atoms with van der Waals surface area (Å²) in [7, 11) is 0. The summed E-state index contributed by atoms with van der Waals surface area (Å²) in [4.78, 5) is 11.4. The maximum absolute atomic E-state index is 6.13. The van der Waals surface area contributed by atoms with Crippen LogP contribution in [0.2, 0.25) is 0 Å². The summed E-state index contributed by atoms with van der Waals surface area (Å²) in [6.45, 7) is 3.81. The Hall–Kier alpha value is -1.98. The first-order valence-electron chi connectivity index (χ1n) is 8.80. The largest absolute Gasteiger partial charge is 0.376 e. The van der Waals surface area contributed by atoms with Crippen molar-refractivity contribution in [1.29, 1.82) is 0 Å². The molecule has 0 saturated carbocycles. The smallest absolute Gasteiger partial charge is 0.126 e. The van der Waals surface area contributed by atoms with Crippen molar-refractivity contribution in [2.24, 2.45) is 5.92 Å². The van der Waals surface area contributed by atoms with Crippen molar-refractivity contribution in [1.82, 2.24) is 14.9 Å². The number of ether oxygens (including phenoxy) is 1. The van der Waals surface area contributed by atoms with Crippen molar-refractivity contribution in [2.75, 3.05) is 25.0 Å².